The largest absolute Gasteiger partial charge is 0.300 e. The molecular weight excluding hydrogens is 350 g/mol. The van der Waals surface area contributed by atoms with Gasteiger partial charge in [0.05, 0.1) is 21.3 Å². The first-order chi connectivity index (χ1) is 12.5. The van der Waals surface area contributed by atoms with Crippen molar-refractivity contribution in [3.05, 3.63) is 58.7 Å². The number of aryl methyl sites for hydroxylation is 2. The molecule has 0 bridgehead atoms. The summed E-state index contributed by atoms with van der Waals surface area (Å²) in [6, 6.07) is 10.6. The molecule has 3 amide bonds. The minimum atomic E-state index is -0.450. The molecule has 0 fully saturated rings. The molecular formula is C19H15N3O3S. The zero-order valence-corrected chi connectivity index (χ0v) is 15.0. The van der Waals surface area contributed by atoms with Crippen LogP contribution in [0, 0.1) is 13.8 Å². The molecule has 130 valence electrons. The van der Waals surface area contributed by atoms with Gasteiger partial charge >= 0.3 is 0 Å². The molecule has 7 heteroatoms. The molecule has 1 aliphatic heterocycles. The van der Waals surface area contributed by atoms with E-state index < -0.39 is 17.7 Å². The van der Waals surface area contributed by atoms with Crippen LogP contribution in [0.2, 0.25) is 0 Å². The van der Waals surface area contributed by atoms with Crippen molar-refractivity contribution in [1.82, 2.24) is 9.88 Å². The van der Waals surface area contributed by atoms with Gasteiger partial charge in [0.15, 0.2) is 5.13 Å². The van der Waals surface area contributed by atoms with Crippen molar-refractivity contribution in [2.75, 3.05) is 11.9 Å². The lowest BCUT2D eigenvalue weighted by atomic mass is 10.1. The molecule has 3 aromatic rings. The number of fused-ring (bicyclic) bond motifs is 2. The molecule has 0 unspecified atom stereocenters. The molecule has 0 spiro atoms. The van der Waals surface area contributed by atoms with Gasteiger partial charge in [0.2, 0.25) is 5.91 Å². The van der Waals surface area contributed by atoms with E-state index in [1.165, 1.54) is 11.3 Å². The fourth-order valence-corrected chi connectivity index (χ4v) is 4.03. The van der Waals surface area contributed by atoms with Crippen LogP contribution >= 0.6 is 11.3 Å². The van der Waals surface area contributed by atoms with Crippen molar-refractivity contribution >= 4 is 44.4 Å². The Bertz CT molecular complexity index is 1010. The third kappa shape index (κ3) is 2.57. The molecule has 26 heavy (non-hydrogen) atoms. The third-order valence-corrected chi connectivity index (χ3v) is 5.47. The number of benzene rings is 2. The maximum atomic E-state index is 12.4. The summed E-state index contributed by atoms with van der Waals surface area (Å²) in [5.41, 5.74) is 3.63. The maximum absolute atomic E-state index is 12.4. The first kappa shape index (κ1) is 16.4. The number of imide groups is 1. The molecule has 0 aliphatic carbocycles. The van der Waals surface area contributed by atoms with Crippen LogP contribution in [0.3, 0.4) is 0 Å². The molecule has 0 saturated carbocycles. The molecule has 6 nitrogen and oxygen atoms in total. The number of aromatic nitrogens is 1. The Balaban J connectivity index is 1.54. The van der Waals surface area contributed by atoms with Crippen LogP contribution in [-0.2, 0) is 4.79 Å². The smallest absolute Gasteiger partial charge is 0.262 e. The van der Waals surface area contributed by atoms with Gasteiger partial charge in [-0.3, -0.25) is 19.3 Å². The number of thiazole rings is 1. The predicted octanol–water partition coefficient (Wildman–Crippen LogP) is 3.15. The first-order valence-corrected chi connectivity index (χ1v) is 8.89. The minimum absolute atomic E-state index is 0.330. The van der Waals surface area contributed by atoms with Crippen LogP contribution < -0.4 is 5.32 Å². The van der Waals surface area contributed by atoms with Gasteiger partial charge in [-0.25, -0.2) is 4.98 Å². The Morgan fingerprint density at radius 3 is 2.27 bits per heavy atom. The number of hydrogen-bond acceptors (Lipinski definition) is 5. The van der Waals surface area contributed by atoms with Gasteiger partial charge in [-0.2, -0.15) is 0 Å². The monoisotopic (exact) mass is 365 g/mol. The summed E-state index contributed by atoms with van der Waals surface area (Å²) in [5, 5.41) is 3.16. The van der Waals surface area contributed by atoms with Crippen LogP contribution in [-0.4, -0.2) is 34.2 Å². The van der Waals surface area contributed by atoms with Crippen molar-refractivity contribution < 1.29 is 14.4 Å². The normalized spacial score (nSPS) is 13.4. The summed E-state index contributed by atoms with van der Waals surface area (Å²) >= 11 is 1.38. The van der Waals surface area contributed by atoms with Crippen molar-refractivity contribution in [1.29, 1.82) is 0 Å². The fraction of sp³-hybridized carbons (Fsp3) is 0.158. The lowest BCUT2D eigenvalue weighted by Gasteiger charge is -2.12. The van der Waals surface area contributed by atoms with E-state index in [0.29, 0.717) is 16.3 Å². The number of carbonyl (C=O) groups excluding carboxylic acids is 3. The molecule has 1 aromatic heterocycles. The Labute approximate surface area is 153 Å². The van der Waals surface area contributed by atoms with Crippen LogP contribution in [0.4, 0.5) is 5.13 Å². The quantitative estimate of drug-likeness (QED) is 0.723. The number of hydrogen-bond donors (Lipinski definition) is 1. The van der Waals surface area contributed by atoms with Crippen molar-refractivity contribution in [2.24, 2.45) is 0 Å². The minimum Gasteiger partial charge on any atom is -0.300 e. The maximum Gasteiger partial charge on any atom is 0.262 e. The average Bonchev–Trinajstić information content (AvgIpc) is 3.15. The number of rotatable bonds is 3. The number of nitrogens with one attached hydrogen (secondary N) is 1. The highest BCUT2D eigenvalue weighted by molar-refractivity contribution is 7.22. The number of carbonyl (C=O) groups is 3. The van der Waals surface area contributed by atoms with Crippen LogP contribution in [0.25, 0.3) is 10.2 Å². The highest BCUT2D eigenvalue weighted by atomic mass is 32.1. The van der Waals surface area contributed by atoms with E-state index in [4.69, 9.17) is 0 Å². The van der Waals surface area contributed by atoms with Gasteiger partial charge in [0.25, 0.3) is 11.8 Å². The molecule has 0 atom stereocenters. The zero-order chi connectivity index (χ0) is 18.4. The topological polar surface area (TPSA) is 79.4 Å². The van der Waals surface area contributed by atoms with Crippen LogP contribution in [0.5, 0.6) is 0 Å². The van der Waals surface area contributed by atoms with E-state index in [0.717, 1.165) is 26.2 Å². The number of nitrogens with zero attached hydrogens (tertiary/aromatic N) is 2. The molecule has 1 N–H and O–H groups in total. The lowest BCUT2D eigenvalue weighted by molar-refractivity contribution is -0.116. The Kier molecular flexibility index (Phi) is 3.81. The summed E-state index contributed by atoms with van der Waals surface area (Å²) in [4.78, 5) is 42.5. The van der Waals surface area contributed by atoms with Gasteiger partial charge in [0, 0.05) is 0 Å². The molecule has 2 heterocycles. The van der Waals surface area contributed by atoms with Crippen molar-refractivity contribution in [2.45, 2.75) is 13.8 Å². The molecule has 2 aromatic carbocycles. The number of amides is 3. The van der Waals surface area contributed by atoms with E-state index >= 15 is 0 Å². The summed E-state index contributed by atoms with van der Waals surface area (Å²) in [7, 11) is 0. The van der Waals surface area contributed by atoms with Gasteiger partial charge in [-0.15, -0.1) is 0 Å². The standard InChI is InChI=1S/C19H15N3O3S/c1-10-7-8-11(2)16-15(10)21-19(26-16)20-14(23)9-22-17(24)12-5-3-4-6-13(12)18(22)25/h3-8H,9H2,1-2H3,(H,20,21,23). The highest BCUT2D eigenvalue weighted by Crippen LogP contribution is 2.31. The fourth-order valence-electron chi connectivity index (χ4n) is 3.00. The summed E-state index contributed by atoms with van der Waals surface area (Å²) in [6.45, 7) is 3.62. The molecule has 4 rings (SSSR count). The SMILES string of the molecule is Cc1ccc(C)c2sc(NC(=O)CN3C(=O)c4ccccc4C3=O)nc12. The summed E-state index contributed by atoms with van der Waals surface area (Å²) < 4.78 is 1.01. The third-order valence-electron chi connectivity index (χ3n) is 4.37. The summed E-state index contributed by atoms with van der Waals surface area (Å²) in [5.74, 6) is -1.35. The average molecular weight is 365 g/mol. The van der Waals surface area contributed by atoms with E-state index in [2.05, 4.69) is 10.3 Å². The second-order valence-corrected chi connectivity index (χ2v) is 7.19. The van der Waals surface area contributed by atoms with E-state index in [9.17, 15) is 14.4 Å². The summed E-state index contributed by atoms with van der Waals surface area (Å²) in [6.07, 6.45) is 0. The molecule has 0 saturated heterocycles. The Morgan fingerprint density at radius 2 is 1.65 bits per heavy atom. The predicted molar refractivity (Wildman–Crippen MR) is 99.5 cm³/mol. The van der Waals surface area contributed by atoms with Gasteiger partial charge in [-0.05, 0) is 37.1 Å². The second-order valence-electron chi connectivity index (χ2n) is 6.19. The highest BCUT2D eigenvalue weighted by Gasteiger charge is 2.36. The number of anilines is 1. The Hall–Kier alpha value is -3.06. The van der Waals surface area contributed by atoms with E-state index in [1.807, 2.05) is 26.0 Å². The lowest BCUT2D eigenvalue weighted by Crippen LogP contribution is -2.37. The molecule has 0 radical (unpaired) electrons. The molecule has 1 aliphatic rings. The first-order valence-electron chi connectivity index (χ1n) is 8.07. The van der Waals surface area contributed by atoms with Crippen molar-refractivity contribution in [3.8, 4) is 0 Å². The van der Waals surface area contributed by atoms with Gasteiger partial charge in [-0.1, -0.05) is 35.6 Å². The van der Waals surface area contributed by atoms with Crippen LogP contribution in [0.1, 0.15) is 31.8 Å². The van der Waals surface area contributed by atoms with E-state index in [1.54, 1.807) is 24.3 Å². The van der Waals surface area contributed by atoms with Crippen molar-refractivity contribution in [3.63, 3.8) is 0 Å². The van der Waals surface area contributed by atoms with E-state index in [-0.39, 0.29) is 6.54 Å². The van der Waals surface area contributed by atoms with Crippen LogP contribution in [0.15, 0.2) is 36.4 Å². The Morgan fingerprint density at radius 1 is 1.04 bits per heavy atom. The van der Waals surface area contributed by atoms with Gasteiger partial charge < -0.3 is 5.32 Å². The second kappa shape index (κ2) is 6.03. The van der Waals surface area contributed by atoms with Gasteiger partial charge in [0.1, 0.15) is 6.54 Å². The zero-order valence-electron chi connectivity index (χ0n) is 14.2.